The van der Waals surface area contributed by atoms with E-state index in [0.717, 1.165) is 23.5 Å². The highest BCUT2D eigenvalue weighted by Gasteiger charge is 2.12. The maximum absolute atomic E-state index is 5.71. The fourth-order valence-corrected chi connectivity index (χ4v) is 1.98. The zero-order valence-electron chi connectivity index (χ0n) is 9.09. The number of thiol groups is 1. The zero-order chi connectivity index (χ0) is 11.5. The molecule has 16 heavy (non-hydrogen) atoms. The Morgan fingerprint density at radius 2 is 2.06 bits per heavy atom. The van der Waals surface area contributed by atoms with Crippen LogP contribution < -0.4 is 5.73 Å². The van der Waals surface area contributed by atoms with Gasteiger partial charge in [0.25, 0.3) is 0 Å². The molecule has 1 heterocycles. The largest absolute Gasteiger partial charge is 0.326 e. The normalized spacial score (nSPS) is 10.7. The van der Waals surface area contributed by atoms with E-state index in [1.807, 2.05) is 35.8 Å². The molecular weight excluding hydrogens is 220 g/mol. The predicted octanol–water partition coefficient (Wildman–Crippen LogP) is 1.71. The molecule has 2 rings (SSSR count). The van der Waals surface area contributed by atoms with Crippen molar-refractivity contribution in [2.75, 3.05) is 0 Å². The van der Waals surface area contributed by atoms with Gasteiger partial charge in [0.2, 0.25) is 0 Å². The lowest BCUT2D eigenvalue weighted by Crippen LogP contribution is -2.03. The van der Waals surface area contributed by atoms with Crippen molar-refractivity contribution in [2.45, 2.75) is 25.2 Å². The van der Waals surface area contributed by atoms with Crippen LogP contribution in [0.15, 0.2) is 29.4 Å². The summed E-state index contributed by atoms with van der Waals surface area (Å²) in [7, 11) is 0. The Labute approximate surface area is 99.9 Å². The van der Waals surface area contributed by atoms with Crippen molar-refractivity contribution >= 4 is 12.6 Å². The first-order valence-corrected chi connectivity index (χ1v) is 5.63. The van der Waals surface area contributed by atoms with Gasteiger partial charge in [-0.25, -0.2) is 0 Å². The number of rotatable bonds is 3. The van der Waals surface area contributed by atoms with Gasteiger partial charge in [0.05, 0.1) is 0 Å². The Balaban J connectivity index is 2.58. The molecule has 4 nitrogen and oxygen atoms in total. The third-order valence-corrected chi connectivity index (χ3v) is 2.86. The van der Waals surface area contributed by atoms with Crippen LogP contribution in [-0.4, -0.2) is 14.8 Å². The van der Waals surface area contributed by atoms with Gasteiger partial charge in [-0.1, -0.05) is 24.3 Å². The van der Waals surface area contributed by atoms with Gasteiger partial charge in [0, 0.05) is 18.7 Å². The molecule has 0 atom stereocenters. The summed E-state index contributed by atoms with van der Waals surface area (Å²) >= 11 is 4.27. The maximum atomic E-state index is 5.71. The van der Waals surface area contributed by atoms with E-state index in [2.05, 4.69) is 22.8 Å². The number of nitrogens with zero attached hydrogens (tertiary/aromatic N) is 3. The van der Waals surface area contributed by atoms with Crippen LogP contribution in [0.5, 0.6) is 0 Å². The summed E-state index contributed by atoms with van der Waals surface area (Å²) in [4.78, 5) is 0. The molecule has 0 fully saturated rings. The van der Waals surface area contributed by atoms with Crippen molar-refractivity contribution in [3.8, 4) is 11.4 Å². The van der Waals surface area contributed by atoms with Gasteiger partial charge < -0.3 is 10.3 Å². The highest BCUT2D eigenvalue weighted by Crippen LogP contribution is 2.23. The molecule has 1 aromatic heterocycles. The van der Waals surface area contributed by atoms with Crippen molar-refractivity contribution in [1.82, 2.24) is 14.8 Å². The molecule has 0 radical (unpaired) electrons. The van der Waals surface area contributed by atoms with Gasteiger partial charge in [0.15, 0.2) is 11.0 Å². The molecule has 84 valence electrons. The van der Waals surface area contributed by atoms with Gasteiger partial charge in [-0.3, -0.25) is 0 Å². The fourth-order valence-electron chi connectivity index (χ4n) is 1.70. The van der Waals surface area contributed by atoms with Crippen LogP contribution in [0.2, 0.25) is 0 Å². The number of benzene rings is 1. The summed E-state index contributed by atoms with van der Waals surface area (Å²) in [5, 5.41) is 8.75. The van der Waals surface area contributed by atoms with Crippen LogP contribution in [0.25, 0.3) is 11.4 Å². The highest BCUT2D eigenvalue weighted by molar-refractivity contribution is 7.80. The molecule has 0 amide bonds. The summed E-state index contributed by atoms with van der Waals surface area (Å²) in [5.41, 5.74) is 7.80. The van der Waals surface area contributed by atoms with Gasteiger partial charge in [-0.2, -0.15) is 0 Å². The Morgan fingerprint density at radius 3 is 2.75 bits per heavy atom. The minimum absolute atomic E-state index is 0.495. The minimum Gasteiger partial charge on any atom is -0.326 e. The number of hydrogen-bond acceptors (Lipinski definition) is 4. The van der Waals surface area contributed by atoms with E-state index in [-0.39, 0.29) is 0 Å². The number of aromatic nitrogens is 3. The standard InChI is InChI=1S/C11H14N4S/c1-2-15-10(13-14-11(15)16)9-6-4-3-5-8(9)7-12/h3-6H,2,7,12H2,1H3,(H,14,16). The second-order valence-corrected chi connectivity index (χ2v) is 3.83. The summed E-state index contributed by atoms with van der Waals surface area (Å²) < 4.78 is 1.96. The predicted molar refractivity (Wildman–Crippen MR) is 66.3 cm³/mol. The lowest BCUT2D eigenvalue weighted by molar-refractivity contribution is 0.689. The van der Waals surface area contributed by atoms with E-state index in [1.165, 1.54) is 0 Å². The highest BCUT2D eigenvalue weighted by atomic mass is 32.1. The molecule has 1 aromatic carbocycles. The first-order valence-electron chi connectivity index (χ1n) is 5.18. The van der Waals surface area contributed by atoms with E-state index in [4.69, 9.17) is 5.73 Å². The zero-order valence-corrected chi connectivity index (χ0v) is 9.98. The molecule has 0 aliphatic heterocycles. The molecule has 0 saturated heterocycles. The average molecular weight is 234 g/mol. The topological polar surface area (TPSA) is 56.7 Å². The second-order valence-electron chi connectivity index (χ2n) is 3.43. The fraction of sp³-hybridized carbons (Fsp3) is 0.273. The van der Waals surface area contributed by atoms with Crippen LogP contribution in [0.1, 0.15) is 12.5 Å². The van der Waals surface area contributed by atoms with E-state index < -0.39 is 0 Å². The Bertz CT molecular complexity index is 492. The van der Waals surface area contributed by atoms with Crippen molar-refractivity contribution in [3.63, 3.8) is 0 Å². The van der Waals surface area contributed by atoms with E-state index in [1.54, 1.807) is 0 Å². The van der Waals surface area contributed by atoms with Crippen molar-refractivity contribution < 1.29 is 0 Å². The van der Waals surface area contributed by atoms with Crippen molar-refractivity contribution in [3.05, 3.63) is 29.8 Å². The molecule has 0 aliphatic carbocycles. The molecule has 2 N–H and O–H groups in total. The first-order chi connectivity index (χ1) is 7.77. The van der Waals surface area contributed by atoms with E-state index >= 15 is 0 Å². The minimum atomic E-state index is 0.495. The lowest BCUT2D eigenvalue weighted by Gasteiger charge is -2.08. The van der Waals surface area contributed by atoms with Gasteiger partial charge in [-0.05, 0) is 12.5 Å². The van der Waals surface area contributed by atoms with Crippen LogP contribution in [0.3, 0.4) is 0 Å². The molecule has 0 bridgehead atoms. The molecule has 0 aliphatic rings. The van der Waals surface area contributed by atoms with Crippen LogP contribution in [-0.2, 0) is 13.1 Å². The van der Waals surface area contributed by atoms with Crippen molar-refractivity contribution in [2.24, 2.45) is 5.73 Å². The van der Waals surface area contributed by atoms with Crippen LogP contribution >= 0.6 is 12.6 Å². The summed E-state index contributed by atoms with van der Waals surface area (Å²) in [6.07, 6.45) is 0. The number of hydrogen-bond donors (Lipinski definition) is 2. The maximum Gasteiger partial charge on any atom is 0.188 e. The van der Waals surface area contributed by atoms with E-state index in [0.29, 0.717) is 11.7 Å². The third kappa shape index (κ3) is 1.83. The molecule has 2 aromatic rings. The molecule has 5 heteroatoms. The monoisotopic (exact) mass is 234 g/mol. The second kappa shape index (κ2) is 4.67. The van der Waals surface area contributed by atoms with Crippen LogP contribution in [0.4, 0.5) is 0 Å². The van der Waals surface area contributed by atoms with Crippen LogP contribution in [0, 0.1) is 0 Å². The SMILES string of the molecule is CCn1c(S)nnc1-c1ccccc1CN. The molecule has 0 saturated carbocycles. The summed E-state index contributed by atoms with van der Waals surface area (Å²) in [6.45, 7) is 3.33. The van der Waals surface area contributed by atoms with Gasteiger partial charge in [0.1, 0.15) is 0 Å². The summed E-state index contributed by atoms with van der Waals surface area (Å²) in [5.74, 6) is 0.827. The average Bonchev–Trinajstić information content (AvgIpc) is 2.70. The molecule has 0 unspecified atom stereocenters. The van der Waals surface area contributed by atoms with Gasteiger partial charge >= 0.3 is 0 Å². The van der Waals surface area contributed by atoms with E-state index in [9.17, 15) is 0 Å². The number of nitrogens with two attached hydrogens (primary N) is 1. The van der Waals surface area contributed by atoms with Crippen molar-refractivity contribution in [1.29, 1.82) is 0 Å². The molecule has 0 spiro atoms. The smallest absolute Gasteiger partial charge is 0.188 e. The molecular formula is C11H14N4S. The Kier molecular flexibility index (Phi) is 3.26. The quantitative estimate of drug-likeness (QED) is 0.795. The summed E-state index contributed by atoms with van der Waals surface area (Å²) in [6, 6.07) is 7.95. The Hall–Kier alpha value is -1.33. The Morgan fingerprint density at radius 1 is 1.31 bits per heavy atom. The third-order valence-electron chi connectivity index (χ3n) is 2.53. The first kappa shape index (κ1) is 11.2. The lowest BCUT2D eigenvalue weighted by atomic mass is 10.1. The van der Waals surface area contributed by atoms with Gasteiger partial charge in [-0.15, -0.1) is 22.8 Å².